The molecule has 1 N–H and O–H groups in total. The van der Waals surface area contributed by atoms with E-state index < -0.39 is 12.2 Å². The second kappa shape index (κ2) is 11.4. The van der Waals surface area contributed by atoms with Gasteiger partial charge in [-0.05, 0) is 43.2 Å². The molecule has 34 heavy (non-hydrogen) atoms. The van der Waals surface area contributed by atoms with E-state index in [0.717, 1.165) is 57.2 Å². The zero-order chi connectivity index (χ0) is 23.9. The van der Waals surface area contributed by atoms with Gasteiger partial charge < -0.3 is 0 Å². The first-order valence-corrected chi connectivity index (χ1v) is 12.9. The second-order valence-electron chi connectivity index (χ2n) is 9.71. The molecule has 4 nitrogen and oxygen atoms in total. The van der Waals surface area contributed by atoms with Crippen LogP contribution in [0.2, 0.25) is 0 Å². The molecule has 1 saturated heterocycles. The summed E-state index contributed by atoms with van der Waals surface area (Å²) in [5.74, 6) is 0.637. The van der Waals surface area contributed by atoms with Crippen LogP contribution in [0.1, 0.15) is 68.9 Å². The van der Waals surface area contributed by atoms with Crippen LogP contribution in [-0.4, -0.2) is 42.8 Å². The van der Waals surface area contributed by atoms with Crippen molar-refractivity contribution in [3.05, 3.63) is 71.8 Å². The summed E-state index contributed by atoms with van der Waals surface area (Å²) in [6, 6.07) is 20.1. The van der Waals surface area contributed by atoms with Crippen LogP contribution < -0.4 is 5.32 Å². The lowest BCUT2D eigenvalue weighted by molar-refractivity contribution is -0.138. The highest BCUT2D eigenvalue weighted by Crippen LogP contribution is 2.42. The van der Waals surface area contributed by atoms with Crippen LogP contribution >= 0.6 is 0 Å². The van der Waals surface area contributed by atoms with Gasteiger partial charge in [-0.15, -0.1) is 0 Å². The van der Waals surface area contributed by atoms with Gasteiger partial charge in [-0.3, -0.25) is 19.8 Å². The third-order valence-electron chi connectivity index (χ3n) is 7.77. The molecule has 1 heterocycles. The molecule has 3 aliphatic rings. The Balaban J connectivity index is 0.000000161. The van der Waals surface area contributed by atoms with E-state index in [0.29, 0.717) is 12.2 Å². The number of hydrogen-bond donors (Lipinski definition) is 1. The minimum absolute atomic E-state index is 0.198. The van der Waals surface area contributed by atoms with Crippen molar-refractivity contribution in [2.24, 2.45) is 0 Å². The van der Waals surface area contributed by atoms with E-state index in [-0.39, 0.29) is 17.9 Å². The number of hydrogen-bond acceptors (Lipinski definition) is 4. The predicted octanol–water partition coefficient (Wildman–Crippen LogP) is 5.31. The van der Waals surface area contributed by atoms with Gasteiger partial charge in [0.25, 0.3) is 0 Å². The third-order valence-corrected chi connectivity index (χ3v) is 7.77. The molecule has 2 aromatic rings. The fraction of sp³-hybridized carbons (Fsp3) is 0.517. The van der Waals surface area contributed by atoms with Crippen LogP contribution in [0.4, 0.5) is 4.39 Å². The number of likely N-dealkylation sites (tertiary alicyclic amines) is 1. The van der Waals surface area contributed by atoms with Gasteiger partial charge in [-0.2, -0.15) is 0 Å². The average Bonchev–Trinajstić information content (AvgIpc) is 2.85. The topological polar surface area (TPSA) is 49.4 Å². The first kappa shape index (κ1) is 24.7. The number of carbonyl (C=O) groups excluding carboxylic acids is 2. The summed E-state index contributed by atoms with van der Waals surface area (Å²) in [5, 5.41) is 3.13. The van der Waals surface area contributed by atoms with Crippen molar-refractivity contribution in [3.63, 3.8) is 0 Å². The molecule has 5 heteroatoms. The zero-order valence-electron chi connectivity index (χ0n) is 20.1. The van der Waals surface area contributed by atoms with Crippen molar-refractivity contribution < 1.29 is 14.0 Å². The maximum absolute atomic E-state index is 12.5. The third kappa shape index (κ3) is 4.87. The molecule has 2 aliphatic carbocycles. The number of nitrogens with zero attached hydrogens (tertiary/aromatic N) is 1. The van der Waals surface area contributed by atoms with Crippen molar-refractivity contribution in [1.82, 2.24) is 10.2 Å². The van der Waals surface area contributed by atoms with E-state index in [1.54, 1.807) is 0 Å². The van der Waals surface area contributed by atoms with Crippen molar-refractivity contribution in [2.45, 2.75) is 68.9 Å². The Morgan fingerprint density at radius 3 is 1.85 bits per heavy atom. The number of rotatable bonds is 6. The van der Waals surface area contributed by atoms with Crippen LogP contribution in [-0.2, 0) is 20.7 Å². The highest BCUT2D eigenvalue weighted by molar-refractivity contribution is 5.91. The van der Waals surface area contributed by atoms with E-state index in [1.807, 2.05) is 36.4 Å². The predicted molar refractivity (Wildman–Crippen MR) is 133 cm³/mol. The number of alkyl halides is 1. The minimum atomic E-state index is -0.647. The van der Waals surface area contributed by atoms with Gasteiger partial charge in [0.1, 0.15) is 17.8 Å². The monoisotopic (exact) mass is 464 g/mol. The highest BCUT2D eigenvalue weighted by Gasteiger charge is 2.47. The number of Topliss-reactive ketones (excluding diaryl/α,β-unsaturated/α-hetero) is 2. The molecule has 3 fully saturated rings. The number of ketones is 2. The summed E-state index contributed by atoms with van der Waals surface area (Å²) in [6.45, 7) is 1.96. The quantitative estimate of drug-likeness (QED) is 0.629. The molecule has 2 unspecified atom stereocenters. The lowest BCUT2D eigenvalue weighted by Crippen LogP contribution is -2.58. The molecular weight excluding hydrogens is 427 g/mol. The molecule has 0 aromatic heterocycles. The van der Waals surface area contributed by atoms with Gasteiger partial charge in [0.2, 0.25) is 0 Å². The Labute approximate surface area is 202 Å². The number of benzene rings is 2. The Kier molecular flexibility index (Phi) is 8.28. The SMILES string of the molecule is O=C1CCCCC1(NCCF)c1ccccc1.O=C1CCCCC1(c1ccccc1)N1CCC1. The van der Waals surface area contributed by atoms with E-state index in [2.05, 4.69) is 34.5 Å². The van der Waals surface area contributed by atoms with Gasteiger partial charge in [0, 0.05) is 32.5 Å². The van der Waals surface area contributed by atoms with Crippen LogP contribution in [0.5, 0.6) is 0 Å². The highest BCUT2D eigenvalue weighted by atomic mass is 19.1. The Morgan fingerprint density at radius 2 is 1.32 bits per heavy atom. The van der Waals surface area contributed by atoms with Gasteiger partial charge >= 0.3 is 0 Å². The average molecular weight is 465 g/mol. The summed E-state index contributed by atoms with van der Waals surface area (Å²) in [4.78, 5) is 27.1. The van der Waals surface area contributed by atoms with Crippen molar-refractivity contribution in [2.75, 3.05) is 26.3 Å². The molecule has 2 atom stereocenters. The first-order valence-electron chi connectivity index (χ1n) is 12.9. The molecule has 2 aromatic carbocycles. The molecule has 2 saturated carbocycles. The van der Waals surface area contributed by atoms with E-state index in [1.165, 1.54) is 18.4 Å². The molecule has 0 radical (unpaired) electrons. The van der Waals surface area contributed by atoms with E-state index >= 15 is 0 Å². The summed E-state index contributed by atoms with van der Waals surface area (Å²) in [6.07, 6.45) is 8.58. The fourth-order valence-corrected chi connectivity index (χ4v) is 5.85. The molecule has 0 amide bonds. The number of halogens is 1. The normalized spacial score (nSPS) is 27.4. The van der Waals surface area contributed by atoms with E-state index in [9.17, 15) is 14.0 Å². The summed E-state index contributed by atoms with van der Waals surface area (Å²) >= 11 is 0. The molecule has 0 bridgehead atoms. The van der Waals surface area contributed by atoms with Gasteiger partial charge in [-0.1, -0.05) is 73.5 Å². The van der Waals surface area contributed by atoms with Crippen LogP contribution in [0.15, 0.2) is 60.7 Å². The second-order valence-corrected chi connectivity index (χ2v) is 9.71. The smallest absolute Gasteiger partial charge is 0.157 e. The largest absolute Gasteiger partial charge is 0.299 e. The lowest BCUT2D eigenvalue weighted by atomic mass is 9.73. The standard InChI is InChI=1S/C15H19NO.C14H18FNO/c17-14-9-4-5-10-15(14,16-11-6-12-16)13-7-2-1-3-8-13;15-10-11-16-14(9-5-4-8-13(14)17)12-6-2-1-3-7-12/h1-3,7-8H,4-6,9-12H2;1-3,6-7,16H,4-5,8-11H2. The number of carbonyl (C=O) groups is 2. The summed E-state index contributed by atoms with van der Waals surface area (Å²) in [5.41, 5.74) is 1.26. The Hall–Kier alpha value is -2.37. The van der Waals surface area contributed by atoms with E-state index in [4.69, 9.17) is 0 Å². The Bertz CT molecular complexity index is 947. The van der Waals surface area contributed by atoms with Crippen molar-refractivity contribution >= 4 is 11.6 Å². The zero-order valence-corrected chi connectivity index (χ0v) is 20.1. The molecule has 0 spiro atoms. The van der Waals surface area contributed by atoms with Crippen LogP contribution in [0.3, 0.4) is 0 Å². The maximum atomic E-state index is 12.5. The van der Waals surface area contributed by atoms with Crippen LogP contribution in [0.25, 0.3) is 0 Å². The first-order chi connectivity index (χ1) is 16.6. The van der Waals surface area contributed by atoms with Crippen LogP contribution in [0, 0.1) is 0 Å². The van der Waals surface area contributed by atoms with Crippen molar-refractivity contribution in [1.29, 1.82) is 0 Å². The van der Waals surface area contributed by atoms with Crippen molar-refractivity contribution in [3.8, 4) is 0 Å². The minimum Gasteiger partial charge on any atom is -0.299 e. The van der Waals surface area contributed by atoms with Gasteiger partial charge in [-0.25, -0.2) is 4.39 Å². The summed E-state index contributed by atoms with van der Waals surface area (Å²) in [7, 11) is 0. The maximum Gasteiger partial charge on any atom is 0.157 e. The molecule has 5 rings (SSSR count). The fourth-order valence-electron chi connectivity index (χ4n) is 5.85. The number of nitrogens with one attached hydrogen (secondary N) is 1. The van der Waals surface area contributed by atoms with Gasteiger partial charge in [0.15, 0.2) is 11.6 Å². The Morgan fingerprint density at radius 1 is 0.735 bits per heavy atom. The van der Waals surface area contributed by atoms with Gasteiger partial charge in [0.05, 0.1) is 0 Å². The lowest BCUT2D eigenvalue weighted by Gasteiger charge is -2.50. The molecule has 182 valence electrons. The molecule has 1 aliphatic heterocycles. The summed E-state index contributed by atoms with van der Waals surface area (Å²) < 4.78 is 12.4. The molecular formula is C29H37FN2O2.